The molecule has 3 rings (SSSR count). The molecule has 156 valence electrons. The van der Waals surface area contributed by atoms with Gasteiger partial charge in [-0.1, -0.05) is 6.07 Å². The highest BCUT2D eigenvalue weighted by atomic mass is 32.2. The average Bonchev–Trinajstić information content (AvgIpc) is 3.10. The molecule has 2 aliphatic heterocycles. The van der Waals surface area contributed by atoms with Gasteiger partial charge in [0, 0.05) is 37.8 Å². The van der Waals surface area contributed by atoms with Crippen molar-refractivity contribution in [2.75, 3.05) is 33.7 Å². The molecule has 1 unspecified atom stereocenters. The Morgan fingerprint density at radius 2 is 1.89 bits per heavy atom. The van der Waals surface area contributed by atoms with Crippen molar-refractivity contribution in [2.24, 2.45) is 0 Å². The first-order valence-corrected chi connectivity index (χ1v) is 11.3. The number of likely N-dealkylation sites (N-methyl/N-ethyl adjacent to an activating group) is 1. The lowest BCUT2D eigenvalue weighted by atomic mass is 10.00. The van der Waals surface area contributed by atoms with Gasteiger partial charge in [0.1, 0.15) is 0 Å². The van der Waals surface area contributed by atoms with Crippen molar-refractivity contribution in [3.63, 3.8) is 0 Å². The van der Waals surface area contributed by atoms with Crippen LogP contribution in [-0.4, -0.2) is 73.9 Å². The molecule has 0 spiro atoms. The van der Waals surface area contributed by atoms with Crippen LogP contribution in [0.3, 0.4) is 0 Å². The molecule has 0 radical (unpaired) electrons. The van der Waals surface area contributed by atoms with Gasteiger partial charge in [-0.25, -0.2) is 13.2 Å². The Kier molecular flexibility index (Phi) is 5.76. The van der Waals surface area contributed by atoms with Crippen molar-refractivity contribution in [1.29, 1.82) is 0 Å². The molecule has 0 saturated carbocycles. The normalized spacial score (nSPS) is 21.1. The molecule has 2 amide bonds. The number of rotatable bonds is 3. The van der Waals surface area contributed by atoms with E-state index in [1.165, 1.54) is 0 Å². The van der Waals surface area contributed by atoms with E-state index >= 15 is 0 Å². The topological polar surface area (TPSA) is 73.0 Å². The van der Waals surface area contributed by atoms with Crippen molar-refractivity contribution >= 4 is 16.1 Å². The van der Waals surface area contributed by atoms with Crippen LogP contribution in [0.15, 0.2) is 23.1 Å². The first-order valence-electron chi connectivity index (χ1n) is 9.83. The minimum Gasteiger partial charge on any atom is -0.333 e. The predicted octanol–water partition coefficient (Wildman–Crippen LogP) is 1.88. The monoisotopic (exact) mass is 408 g/mol. The van der Waals surface area contributed by atoms with Gasteiger partial charge in [0.2, 0.25) is 10.0 Å². The van der Waals surface area contributed by atoms with Gasteiger partial charge in [-0.05, 0) is 71.0 Å². The van der Waals surface area contributed by atoms with E-state index in [9.17, 15) is 13.2 Å². The van der Waals surface area contributed by atoms with Gasteiger partial charge in [0.05, 0.1) is 4.90 Å². The number of urea groups is 1. The summed E-state index contributed by atoms with van der Waals surface area (Å²) in [5.41, 5.74) is 1.73. The highest BCUT2D eigenvalue weighted by Crippen LogP contribution is 2.27. The van der Waals surface area contributed by atoms with E-state index in [0.29, 0.717) is 31.1 Å². The Bertz CT molecular complexity index is 845. The molecule has 1 aromatic rings. The molecule has 0 aromatic heterocycles. The minimum atomic E-state index is -3.52. The van der Waals surface area contributed by atoms with Crippen LogP contribution in [0.2, 0.25) is 0 Å². The Morgan fingerprint density at radius 1 is 1.18 bits per heavy atom. The molecule has 2 aliphatic rings. The Morgan fingerprint density at radius 3 is 2.50 bits per heavy atom. The van der Waals surface area contributed by atoms with E-state index in [2.05, 4.69) is 10.2 Å². The van der Waals surface area contributed by atoms with Crippen LogP contribution in [0.4, 0.5) is 4.79 Å². The molecule has 2 heterocycles. The molecule has 1 fully saturated rings. The van der Waals surface area contributed by atoms with Crippen LogP contribution in [0.5, 0.6) is 0 Å². The quantitative estimate of drug-likeness (QED) is 0.829. The highest BCUT2D eigenvalue weighted by Gasteiger charge is 2.34. The molecule has 1 saturated heterocycles. The van der Waals surface area contributed by atoms with Crippen molar-refractivity contribution in [3.05, 3.63) is 29.3 Å². The van der Waals surface area contributed by atoms with Crippen LogP contribution in [0.1, 0.15) is 38.3 Å². The zero-order valence-corrected chi connectivity index (χ0v) is 18.3. The number of sulfonamides is 1. The van der Waals surface area contributed by atoms with Gasteiger partial charge in [-0.15, -0.1) is 0 Å². The Labute approximate surface area is 168 Å². The zero-order chi connectivity index (χ0) is 20.7. The van der Waals surface area contributed by atoms with E-state index in [-0.39, 0.29) is 17.6 Å². The summed E-state index contributed by atoms with van der Waals surface area (Å²) in [7, 11) is 0.449. The summed E-state index contributed by atoms with van der Waals surface area (Å²) >= 11 is 0. The fourth-order valence-electron chi connectivity index (χ4n) is 3.77. The zero-order valence-electron chi connectivity index (χ0n) is 17.5. The van der Waals surface area contributed by atoms with Gasteiger partial charge in [0.25, 0.3) is 0 Å². The minimum absolute atomic E-state index is 0.111. The summed E-state index contributed by atoms with van der Waals surface area (Å²) < 4.78 is 27.8. The molecule has 28 heavy (non-hydrogen) atoms. The number of benzene rings is 1. The summed E-state index contributed by atoms with van der Waals surface area (Å²) in [5, 5.41) is 2.98. The maximum absolute atomic E-state index is 13.1. The van der Waals surface area contributed by atoms with E-state index in [1.807, 2.05) is 40.9 Å². The molecule has 1 N–H and O–H groups in total. The number of hydrogen-bond acceptors (Lipinski definition) is 4. The summed E-state index contributed by atoms with van der Waals surface area (Å²) in [5.74, 6) is 0. The number of nitrogens with zero attached hydrogens (tertiary/aromatic N) is 3. The van der Waals surface area contributed by atoms with E-state index < -0.39 is 10.0 Å². The van der Waals surface area contributed by atoms with E-state index in [4.69, 9.17) is 0 Å². The number of hydrogen-bond donors (Lipinski definition) is 1. The SMILES string of the molecule is CN(C)C1CCN(S(=O)(=O)c2ccc3c(c2)CN(C(=O)NC(C)(C)C)CC3)C1. The molecule has 0 aliphatic carbocycles. The maximum atomic E-state index is 13.1. The first-order chi connectivity index (χ1) is 13.0. The summed E-state index contributed by atoms with van der Waals surface area (Å²) in [6.07, 6.45) is 1.58. The number of fused-ring (bicyclic) bond motifs is 1. The largest absolute Gasteiger partial charge is 0.333 e. The molecule has 1 aromatic carbocycles. The van der Waals surface area contributed by atoms with Gasteiger partial charge in [-0.2, -0.15) is 4.31 Å². The third-order valence-electron chi connectivity index (χ3n) is 5.45. The molecular weight excluding hydrogens is 376 g/mol. The van der Waals surface area contributed by atoms with E-state index in [1.54, 1.807) is 21.3 Å². The van der Waals surface area contributed by atoms with Gasteiger partial charge < -0.3 is 15.1 Å². The second kappa shape index (κ2) is 7.65. The van der Waals surface area contributed by atoms with Crippen LogP contribution < -0.4 is 5.32 Å². The second-order valence-electron chi connectivity index (χ2n) is 9.05. The van der Waals surface area contributed by atoms with Crippen molar-refractivity contribution < 1.29 is 13.2 Å². The fraction of sp³-hybridized carbons (Fsp3) is 0.650. The number of nitrogens with one attached hydrogen (secondary N) is 1. The lowest BCUT2D eigenvalue weighted by Gasteiger charge is -2.32. The molecule has 8 heteroatoms. The average molecular weight is 409 g/mol. The van der Waals surface area contributed by atoms with E-state index in [0.717, 1.165) is 24.0 Å². The molecular formula is C20H32N4O3S. The first kappa shape index (κ1) is 21.1. The fourth-order valence-corrected chi connectivity index (χ4v) is 5.31. The number of amides is 2. The maximum Gasteiger partial charge on any atom is 0.318 e. The number of carbonyl (C=O) groups excluding carboxylic acids is 1. The smallest absolute Gasteiger partial charge is 0.318 e. The highest BCUT2D eigenvalue weighted by molar-refractivity contribution is 7.89. The second-order valence-corrected chi connectivity index (χ2v) is 11.0. The van der Waals surface area contributed by atoms with Gasteiger partial charge in [0.15, 0.2) is 0 Å². The lowest BCUT2D eigenvalue weighted by molar-refractivity contribution is 0.183. The third-order valence-corrected chi connectivity index (χ3v) is 7.31. The Balaban J connectivity index is 1.78. The van der Waals surface area contributed by atoms with Crippen LogP contribution in [0.25, 0.3) is 0 Å². The van der Waals surface area contributed by atoms with Gasteiger partial charge in [-0.3, -0.25) is 0 Å². The Hall–Kier alpha value is -1.64. The van der Waals surface area contributed by atoms with Gasteiger partial charge >= 0.3 is 6.03 Å². The summed E-state index contributed by atoms with van der Waals surface area (Å²) in [6, 6.07) is 5.51. The van der Waals surface area contributed by atoms with Crippen molar-refractivity contribution in [1.82, 2.24) is 19.4 Å². The predicted molar refractivity (Wildman–Crippen MR) is 110 cm³/mol. The number of carbonyl (C=O) groups is 1. The van der Waals surface area contributed by atoms with Crippen molar-refractivity contribution in [2.45, 2.75) is 56.6 Å². The molecule has 0 bridgehead atoms. The van der Waals surface area contributed by atoms with Crippen LogP contribution >= 0.6 is 0 Å². The molecule has 7 nitrogen and oxygen atoms in total. The summed E-state index contributed by atoms with van der Waals surface area (Å²) in [6.45, 7) is 7.98. The van der Waals surface area contributed by atoms with Crippen LogP contribution in [-0.2, 0) is 23.0 Å². The lowest BCUT2D eigenvalue weighted by Crippen LogP contribution is -2.49. The van der Waals surface area contributed by atoms with Crippen LogP contribution in [0, 0.1) is 0 Å². The third kappa shape index (κ3) is 4.50. The standard InChI is InChI=1S/C20H32N4O3S/c1-20(2,3)21-19(25)23-10-8-15-6-7-18(12-16(15)13-23)28(26,27)24-11-9-17(14-24)22(4)5/h6-7,12,17H,8-11,13-14H2,1-5H3,(H,21,25). The molecule has 1 atom stereocenters. The van der Waals surface area contributed by atoms with Crippen molar-refractivity contribution in [3.8, 4) is 0 Å². The summed E-state index contributed by atoms with van der Waals surface area (Å²) in [4.78, 5) is 16.7.